The van der Waals surface area contributed by atoms with Crippen LogP contribution in [0.15, 0.2) is 146 Å². The van der Waals surface area contributed by atoms with Crippen molar-refractivity contribution in [1.29, 1.82) is 0 Å². The lowest BCUT2D eigenvalue weighted by Gasteiger charge is -2.18. The number of unbranched alkanes of at least 4 members (excludes halogenated alkanes) is 14. The van der Waals surface area contributed by atoms with Crippen molar-refractivity contribution < 1.29 is 28.6 Å². The molecule has 0 radical (unpaired) electrons. The summed E-state index contributed by atoms with van der Waals surface area (Å²) in [6.45, 7) is 6.36. The molecule has 0 N–H and O–H groups in total. The number of hydrogen-bond donors (Lipinski definition) is 0. The molecule has 0 aromatic carbocycles. The molecule has 0 amide bonds. The molecule has 6 heteroatoms. The minimum absolute atomic E-state index is 0.128. The molecule has 0 bridgehead atoms. The third kappa shape index (κ3) is 56.1. The van der Waals surface area contributed by atoms with E-state index in [1.54, 1.807) is 0 Å². The molecule has 6 nitrogen and oxygen atoms in total. The Morgan fingerprint density at radius 2 is 0.563 bits per heavy atom. The van der Waals surface area contributed by atoms with Crippen LogP contribution < -0.4 is 0 Å². The molecule has 0 fully saturated rings. The van der Waals surface area contributed by atoms with E-state index in [-0.39, 0.29) is 37.5 Å². The van der Waals surface area contributed by atoms with Gasteiger partial charge in [0.05, 0.1) is 0 Å². The average molecular weight is 980 g/mol. The normalized spacial score (nSPS) is 13.2. The van der Waals surface area contributed by atoms with Crippen molar-refractivity contribution in [2.75, 3.05) is 13.2 Å². The zero-order chi connectivity index (χ0) is 51.4. The molecule has 0 aliphatic rings. The average Bonchev–Trinajstić information content (AvgIpc) is 3.37. The van der Waals surface area contributed by atoms with Crippen LogP contribution in [0.1, 0.15) is 226 Å². The predicted molar refractivity (Wildman–Crippen MR) is 306 cm³/mol. The maximum atomic E-state index is 12.8. The summed E-state index contributed by atoms with van der Waals surface area (Å²) < 4.78 is 16.8. The van der Waals surface area contributed by atoms with E-state index in [9.17, 15) is 14.4 Å². The topological polar surface area (TPSA) is 78.9 Å². The van der Waals surface area contributed by atoms with E-state index in [1.807, 2.05) is 0 Å². The molecule has 0 aromatic rings. The van der Waals surface area contributed by atoms with Crippen LogP contribution in [0.2, 0.25) is 0 Å². The number of allylic oxidation sites excluding steroid dienone is 24. The molecule has 0 unspecified atom stereocenters. The van der Waals surface area contributed by atoms with E-state index < -0.39 is 6.10 Å². The van der Waals surface area contributed by atoms with Crippen LogP contribution in [0, 0.1) is 0 Å². The van der Waals surface area contributed by atoms with E-state index in [0.717, 1.165) is 128 Å². The van der Waals surface area contributed by atoms with Gasteiger partial charge in [0.15, 0.2) is 6.10 Å². The second kappa shape index (κ2) is 57.9. The zero-order valence-corrected chi connectivity index (χ0v) is 45.4. The van der Waals surface area contributed by atoms with Gasteiger partial charge in [0.25, 0.3) is 0 Å². The van der Waals surface area contributed by atoms with Crippen molar-refractivity contribution in [3.8, 4) is 0 Å². The molecule has 0 spiro atoms. The molecule has 0 saturated carbocycles. The summed E-state index contributed by atoms with van der Waals surface area (Å²) in [7, 11) is 0. The number of rotatable bonds is 49. The smallest absolute Gasteiger partial charge is 0.306 e. The Kier molecular flexibility index (Phi) is 54.0. The quantitative estimate of drug-likeness (QED) is 0.0262. The summed E-state index contributed by atoms with van der Waals surface area (Å²) >= 11 is 0. The summed E-state index contributed by atoms with van der Waals surface area (Å²) in [6.07, 6.45) is 82.6. The zero-order valence-electron chi connectivity index (χ0n) is 45.4. The van der Waals surface area contributed by atoms with Crippen molar-refractivity contribution >= 4 is 17.9 Å². The molecule has 71 heavy (non-hydrogen) atoms. The van der Waals surface area contributed by atoms with Gasteiger partial charge in [0, 0.05) is 19.3 Å². The van der Waals surface area contributed by atoms with Crippen molar-refractivity contribution in [2.24, 2.45) is 0 Å². The van der Waals surface area contributed by atoms with Crippen LogP contribution >= 0.6 is 0 Å². The maximum Gasteiger partial charge on any atom is 0.306 e. The highest BCUT2D eigenvalue weighted by Crippen LogP contribution is 2.11. The van der Waals surface area contributed by atoms with Crippen LogP contribution in [-0.2, 0) is 28.6 Å². The molecular weight excluding hydrogens is 877 g/mol. The first-order valence-corrected chi connectivity index (χ1v) is 28.3. The highest BCUT2D eigenvalue weighted by Gasteiger charge is 2.19. The van der Waals surface area contributed by atoms with Gasteiger partial charge >= 0.3 is 17.9 Å². The largest absolute Gasteiger partial charge is 0.462 e. The lowest BCUT2D eigenvalue weighted by atomic mass is 10.1. The first kappa shape index (κ1) is 66.3. The Morgan fingerprint density at radius 3 is 0.901 bits per heavy atom. The Balaban J connectivity index is 4.61. The number of ether oxygens (including phenoxy) is 3. The van der Waals surface area contributed by atoms with Crippen LogP contribution in [0.5, 0.6) is 0 Å². The summed E-state index contributed by atoms with van der Waals surface area (Å²) in [5.74, 6) is -1.05. The SMILES string of the molecule is CC/C=C\C/C=C\C/C=C\C/C=C\C/C=C\CCCCCC(=O)OC[C@H](COC(=O)CCCCCC/C=C\C/C=C\C/C=C\CCCCC)OC(=O)CCC/C=C\C/C=C\C/C=C\C/C=C\CCCCC. The van der Waals surface area contributed by atoms with Crippen molar-refractivity contribution in [3.63, 3.8) is 0 Å². The van der Waals surface area contributed by atoms with Gasteiger partial charge < -0.3 is 14.2 Å². The summed E-state index contributed by atoms with van der Waals surface area (Å²) in [6, 6.07) is 0. The minimum atomic E-state index is -0.837. The van der Waals surface area contributed by atoms with E-state index in [0.29, 0.717) is 19.3 Å². The van der Waals surface area contributed by atoms with Crippen LogP contribution in [0.4, 0.5) is 0 Å². The first-order valence-electron chi connectivity index (χ1n) is 28.3. The maximum absolute atomic E-state index is 12.8. The summed E-state index contributed by atoms with van der Waals surface area (Å²) in [5.41, 5.74) is 0. The Hall–Kier alpha value is -4.71. The summed E-state index contributed by atoms with van der Waals surface area (Å²) in [5, 5.41) is 0. The number of hydrogen-bond acceptors (Lipinski definition) is 6. The van der Waals surface area contributed by atoms with Crippen molar-refractivity contribution in [2.45, 2.75) is 232 Å². The molecule has 0 aromatic heterocycles. The van der Waals surface area contributed by atoms with Gasteiger partial charge in [0.1, 0.15) is 13.2 Å². The lowest BCUT2D eigenvalue weighted by molar-refractivity contribution is -0.167. The fourth-order valence-electron chi connectivity index (χ4n) is 7.05. The van der Waals surface area contributed by atoms with E-state index >= 15 is 0 Å². The van der Waals surface area contributed by atoms with Gasteiger partial charge in [-0.2, -0.15) is 0 Å². The Labute approximate surface area is 436 Å². The van der Waals surface area contributed by atoms with Gasteiger partial charge in [-0.1, -0.05) is 212 Å². The van der Waals surface area contributed by atoms with E-state index in [4.69, 9.17) is 14.2 Å². The molecule has 0 saturated heterocycles. The second-order valence-corrected chi connectivity index (χ2v) is 18.1. The van der Waals surface area contributed by atoms with Gasteiger partial charge in [-0.15, -0.1) is 0 Å². The monoisotopic (exact) mass is 979 g/mol. The molecular formula is C65H102O6. The molecule has 398 valence electrons. The highest BCUT2D eigenvalue weighted by molar-refractivity contribution is 5.71. The number of carbonyl (C=O) groups excluding carboxylic acids is 3. The molecule has 0 aliphatic heterocycles. The van der Waals surface area contributed by atoms with Gasteiger partial charge in [-0.05, 0) is 141 Å². The summed E-state index contributed by atoms with van der Waals surface area (Å²) in [4.78, 5) is 38.1. The van der Waals surface area contributed by atoms with Crippen LogP contribution in [-0.4, -0.2) is 37.2 Å². The lowest BCUT2D eigenvalue weighted by Crippen LogP contribution is -2.30. The van der Waals surface area contributed by atoms with Gasteiger partial charge in [0.2, 0.25) is 0 Å². The van der Waals surface area contributed by atoms with Crippen LogP contribution in [0.25, 0.3) is 0 Å². The third-order valence-electron chi connectivity index (χ3n) is 11.3. The standard InChI is InChI=1S/C65H102O6/c1-4-7-10-13-16-19-22-25-28-31-32-35-37-40-43-46-49-52-55-58-64(67)70-61-62(71-65(68)59-56-53-50-47-44-41-38-34-30-27-24-21-18-15-12-9-6-3)60-69-63(66)57-54-51-48-45-42-39-36-33-29-26-23-20-17-14-11-8-5-2/h7,10,16-21,25-30,32,35-36,38-41,43,47,50,62H,4-6,8-9,11-15,22-24,31,33-34,37,42,44-46,48-49,51-61H2,1-3H3/b10-7-,19-16-,20-17-,21-18-,28-25-,29-26-,30-27-,35-32-,39-36-,41-38-,43-40-,50-47-/t62-/m0/s1. The van der Waals surface area contributed by atoms with Crippen molar-refractivity contribution in [3.05, 3.63) is 146 Å². The molecule has 0 heterocycles. The van der Waals surface area contributed by atoms with Gasteiger partial charge in [-0.3, -0.25) is 14.4 Å². The molecule has 1 atom stereocenters. The highest BCUT2D eigenvalue weighted by atomic mass is 16.6. The van der Waals surface area contributed by atoms with Crippen LogP contribution in [0.3, 0.4) is 0 Å². The predicted octanol–water partition coefficient (Wildman–Crippen LogP) is 19.2. The van der Waals surface area contributed by atoms with E-state index in [2.05, 4.69) is 167 Å². The Morgan fingerprint density at radius 1 is 0.296 bits per heavy atom. The first-order chi connectivity index (χ1) is 35.0. The van der Waals surface area contributed by atoms with Gasteiger partial charge in [-0.25, -0.2) is 0 Å². The van der Waals surface area contributed by atoms with E-state index in [1.165, 1.54) is 51.4 Å². The third-order valence-corrected chi connectivity index (χ3v) is 11.3. The molecule has 0 aliphatic carbocycles. The van der Waals surface area contributed by atoms with Crippen molar-refractivity contribution in [1.82, 2.24) is 0 Å². The second-order valence-electron chi connectivity index (χ2n) is 18.1. The number of carbonyl (C=O) groups is 3. The number of esters is 3. The fourth-order valence-corrected chi connectivity index (χ4v) is 7.05. The minimum Gasteiger partial charge on any atom is -0.462 e. The molecule has 0 rings (SSSR count). The fraction of sp³-hybridized carbons (Fsp3) is 0.585. The Bertz CT molecular complexity index is 1590.